The fraction of sp³-hybridized carbons (Fsp3) is 0.222. The quantitative estimate of drug-likeness (QED) is 0.800. The van der Waals surface area contributed by atoms with E-state index in [0.717, 1.165) is 16.7 Å². The van der Waals surface area contributed by atoms with Crippen molar-refractivity contribution in [3.63, 3.8) is 0 Å². The Balaban J connectivity index is 2.26. The van der Waals surface area contributed by atoms with Gasteiger partial charge in [0.15, 0.2) is 5.78 Å². The first-order valence-electron chi connectivity index (χ1n) is 7.27. The summed E-state index contributed by atoms with van der Waals surface area (Å²) >= 11 is 12.3. The predicted octanol–water partition coefficient (Wildman–Crippen LogP) is 3.97. The molecule has 122 valence electrons. The Bertz CT molecular complexity index is 842. The lowest BCUT2D eigenvalue weighted by molar-refractivity contribution is -0.125. The minimum Gasteiger partial charge on any atom is -0.370 e. The van der Waals surface area contributed by atoms with Crippen LogP contribution in [0.25, 0.3) is 5.57 Å². The van der Waals surface area contributed by atoms with Crippen LogP contribution < -0.4 is 0 Å². The van der Waals surface area contributed by atoms with Crippen molar-refractivity contribution in [3.05, 3.63) is 62.9 Å². The molecule has 1 aliphatic heterocycles. The van der Waals surface area contributed by atoms with E-state index < -0.39 is 6.10 Å². The topological polar surface area (TPSA) is 53.3 Å². The first-order valence-corrected chi connectivity index (χ1v) is 8.02. The zero-order valence-electron chi connectivity index (χ0n) is 13.1. The number of Topliss-reactive ketones (excluding diaryl/α,β-unsaturated/α-hetero) is 1. The van der Waals surface area contributed by atoms with Crippen LogP contribution in [-0.2, 0) is 9.53 Å². The van der Waals surface area contributed by atoms with Crippen LogP contribution in [0, 0.1) is 11.3 Å². The molecule has 2 aliphatic rings. The number of hydrogen-bond donors (Lipinski definition) is 0. The lowest BCUT2D eigenvalue weighted by atomic mass is 9.81. The Morgan fingerprint density at radius 2 is 1.96 bits per heavy atom. The summed E-state index contributed by atoms with van der Waals surface area (Å²) in [6, 6.07) is 7.38. The molecule has 24 heavy (non-hydrogen) atoms. The summed E-state index contributed by atoms with van der Waals surface area (Å²) in [5.41, 5.74) is 3.57. The SMILES string of the molecule is COC1C=C2C(=CN(C)C(C#N)=C2c2cc(Cl)cc(Cl)c2)CC1=O. The van der Waals surface area contributed by atoms with Gasteiger partial charge in [-0.1, -0.05) is 23.2 Å². The first-order chi connectivity index (χ1) is 11.4. The molecule has 0 saturated carbocycles. The molecule has 0 saturated heterocycles. The molecule has 0 N–H and O–H groups in total. The van der Waals surface area contributed by atoms with E-state index in [0.29, 0.717) is 21.3 Å². The van der Waals surface area contributed by atoms with Crippen LogP contribution in [0.5, 0.6) is 0 Å². The van der Waals surface area contributed by atoms with Gasteiger partial charge in [0.2, 0.25) is 0 Å². The largest absolute Gasteiger partial charge is 0.370 e. The molecular weight excluding hydrogens is 347 g/mol. The van der Waals surface area contributed by atoms with Crippen LogP contribution in [-0.4, -0.2) is 30.9 Å². The van der Waals surface area contributed by atoms with Gasteiger partial charge in [0.1, 0.15) is 17.9 Å². The van der Waals surface area contributed by atoms with Gasteiger partial charge in [-0.25, -0.2) is 0 Å². The minimum absolute atomic E-state index is 0.00946. The number of carbonyl (C=O) groups excluding carboxylic acids is 1. The number of halogens is 2. The number of benzene rings is 1. The number of fused-ring (bicyclic) bond motifs is 1. The van der Waals surface area contributed by atoms with Crippen molar-refractivity contribution in [2.24, 2.45) is 0 Å². The second-order valence-electron chi connectivity index (χ2n) is 5.64. The minimum atomic E-state index is -0.620. The zero-order valence-corrected chi connectivity index (χ0v) is 14.6. The predicted molar refractivity (Wildman–Crippen MR) is 93.3 cm³/mol. The molecule has 1 aromatic carbocycles. The number of hydrogen-bond acceptors (Lipinski definition) is 4. The third-order valence-electron chi connectivity index (χ3n) is 4.07. The number of ketones is 1. The van der Waals surface area contributed by atoms with Crippen molar-refractivity contribution in [2.75, 3.05) is 14.2 Å². The third-order valence-corrected chi connectivity index (χ3v) is 4.50. The van der Waals surface area contributed by atoms with Gasteiger partial charge in [0.25, 0.3) is 0 Å². The third kappa shape index (κ3) is 2.87. The van der Waals surface area contributed by atoms with Crippen LogP contribution in [0.4, 0.5) is 0 Å². The van der Waals surface area contributed by atoms with Crippen LogP contribution in [0.2, 0.25) is 10.0 Å². The lowest BCUT2D eigenvalue weighted by Crippen LogP contribution is -2.29. The van der Waals surface area contributed by atoms with E-state index in [1.54, 1.807) is 36.2 Å². The van der Waals surface area contributed by atoms with Gasteiger partial charge in [-0.2, -0.15) is 5.26 Å². The molecule has 1 atom stereocenters. The van der Waals surface area contributed by atoms with Crippen LogP contribution in [0.3, 0.4) is 0 Å². The molecule has 1 unspecified atom stereocenters. The van der Waals surface area contributed by atoms with Crippen molar-refractivity contribution in [2.45, 2.75) is 12.5 Å². The van der Waals surface area contributed by atoms with Crippen LogP contribution in [0.15, 0.2) is 47.3 Å². The summed E-state index contributed by atoms with van der Waals surface area (Å²) < 4.78 is 5.26. The molecule has 6 heteroatoms. The van der Waals surface area contributed by atoms with E-state index >= 15 is 0 Å². The Labute approximate surface area is 150 Å². The average molecular weight is 361 g/mol. The molecule has 1 heterocycles. The highest BCUT2D eigenvalue weighted by molar-refractivity contribution is 6.35. The highest BCUT2D eigenvalue weighted by atomic mass is 35.5. The first kappa shape index (κ1) is 16.8. The van der Waals surface area contributed by atoms with Crippen molar-refractivity contribution in [1.29, 1.82) is 5.26 Å². The lowest BCUT2D eigenvalue weighted by Gasteiger charge is -2.31. The van der Waals surface area contributed by atoms with E-state index in [4.69, 9.17) is 27.9 Å². The standard InChI is InChI=1S/C18H14Cl2N2O2/c1-22-9-11-5-16(23)17(24-2)7-14(11)18(15(22)8-21)10-3-12(19)6-13(20)4-10/h3-4,6-7,9,17H,5H2,1-2H3. The zero-order chi connectivity index (χ0) is 17.4. The Kier molecular flexibility index (Phi) is 4.51. The highest BCUT2D eigenvalue weighted by Gasteiger charge is 2.32. The van der Waals surface area contributed by atoms with Crippen LogP contribution >= 0.6 is 23.2 Å². The van der Waals surface area contributed by atoms with Crippen LogP contribution in [0.1, 0.15) is 12.0 Å². The molecule has 0 amide bonds. The summed E-state index contributed by atoms with van der Waals surface area (Å²) in [5, 5.41) is 10.6. The summed E-state index contributed by atoms with van der Waals surface area (Å²) in [6.45, 7) is 0. The fourth-order valence-electron chi connectivity index (χ4n) is 3.02. The number of allylic oxidation sites excluding steroid dienone is 4. The molecule has 0 aromatic heterocycles. The van der Waals surface area contributed by atoms with Gasteiger partial charge in [-0.15, -0.1) is 0 Å². The van der Waals surface area contributed by atoms with E-state index in [1.165, 1.54) is 7.11 Å². The van der Waals surface area contributed by atoms with Gasteiger partial charge in [-0.3, -0.25) is 4.79 Å². The maximum atomic E-state index is 12.1. The van der Waals surface area contributed by atoms with Crippen molar-refractivity contribution < 1.29 is 9.53 Å². The molecule has 1 aromatic rings. The normalized spacial score (nSPS) is 20.4. The Hall–Kier alpha value is -2.06. The van der Waals surface area contributed by atoms with E-state index in [-0.39, 0.29) is 12.2 Å². The molecule has 0 spiro atoms. The molecule has 3 rings (SSSR count). The molecule has 0 radical (unpaired) electrons. The summed E-state index contributed by atoms with van der Waals surface area (Å²) in [5.74, 6) is -0.00946. The number of rotatable bonds is 2. The molecule has 0 bridgehead atoms. The second kappa shape index (κ2) is 6.45. The number of ether oxygens (including phenoxy) is 1. The van der Waals surface area contributed by atoms with E-state index in [1.807, 2.05) is 6.20 Å². The van der Waals surface area contributed by atoms with Gasteiger partial charge in [0, 0.05) is 42.4 Å². The van der Waals surface area contributed by atoms with Crippen molar-refractivity contribution in [3.8, 4) is 6.07 Å². The average Bonchev–Trinajstić information content (AvgIpc) is 2.52. The smallest absolute Gasteiger partial charge is 0.169 e. The molecule has 4 nitrogen and oxygen atoms in total. The molecule has 0 fully saturated rings. The summed E-state index contributed by atoms with van der Waals surface area (Å²) in [7, 11) is 3.27. The number of nitriles is 1. The van der Waals surface area contributed by atoms with E-state index in [9.17, 15) is 10.1 Å². The summed E-state index contributed by atoms with van der Waals surface area (Å²) in [4.78, 5) is 13.9. The Morgan fingerprint density at radius 1 is 1.29 bits per heavy atom. The van der Waals surface area contributed by atoms with Gasteiger partial charge in [0.05, 0.1) is 0 Å². The van der Waals surface area contributed by atoms with E-state index in [2.05, 4.69) is 6.07 Å². The number of nitrogens with zero attached hydrogens (tertiary/aromatic N) is 2. The summed E-state index contributed by atoms with van der Waals surface area (Å²) in [6.07, 6.45) is 3.20. The van der Waals surface area contributed by atoms with Gasteiger partial charge in [-0.05, 0) is 41.0 Å². The van der Waals surface area contributed by atoms with Gasteiger partial charge < -0.3 is 9.64 Å². The molecule has 1 aliphatic carbocycles. The maximum absolute atomic E-state index is 12.1. The maximum Gasteiger partial charge on any atom is 0.169 e. The fourth-order valence-corrected chi connectivity index (χ4v) is 3.55. The van der Waals surface area contributed by atoms with Crippen molar-refractivity contribution >= 4 is 34.6 Å². The van der Waals surface area contributed by atoms with Crippen molar-refractivity contribution in [1.82, 2.24) is 4.90 Å². The second-order valence-corrected chi connectivity index (χ2v) is 6.51. The number of carbonyl (C=O) groups is 1. The number of methoxy groups -OCH3 is 1. The monoisotopic (exact) mass is 360 g/mol. The Morgan fingerprint density at radius 3 is 2.54 bits per heavy atom. The highest BCUT2D eigenvalue weighted by Crippen LogP contribution is 2.41. The molecular formula is C18H14Cl2N2O2. The van der Waals surface area contributed by atoms with Gasteiger partial charge >= 0.3 is 0 Å².